The molecule has 0 bridgehead atoms. The number of aryl methyl sites for hydroxylation is 1. The molecule has 0 radical (unpaired) electrons. The first-order valence-electron chi connectivity index (χ1n) is 6.86. The molecule has 0 unspecified atom stereocenters. The van der Waals surface area contributed by atoms with E-state index in [1.165, 1.54) is 36.9 Å². The number of nitrogens with one attached hydrogen (secondary N) is 1. The average Bonchev–Trinajstić information content (AvgIpc) is 2.81. The fourth-order valence-corrected chi connectivity index (χ4v) is 3.30. The summed E-state index contributed by atoms with van der Waals surface area (Å²) in [5.74, 6) is 0. The van der Waals surface area contributed by atoms with Gasteiger partial charge in [-0.15, -0.1) is 0 Å². The third-order valence-corrected chi connectivity index (χ3v) is 4.26. The average molecular weight is 230 g/mol. The molecule has 1 aromatic rings. The van der Waals surface area contributed by atoms with Crippen LogP contribution in [0.3, 0.4) is 0 Å². The van der Waals surface area contributed by atoms with Crippen LogP contribution in [-0.2, 0) is 6.54 Å². The van der Waals surface area contributed by atoms with E-state index in [9.17, 15) is 0 Å². The van der Waals surface area contributed by atoms with Gasteiger partial charge in [-0.1, -0.05) is 36.2 Å². The molecule has 2 nitrogen and oxygen atoms in total. The van der Waals surface area contributed by atoms with Crippen molar-refractivity contribution in [2.75, 3.05) is 13.1 Å². The standard InChI is InChI=1S/C15H22N2/c1-12-5-7-13(8-6-12)11-17-10-9-16-14-3-2-4-15(14)17/h5-8,14-16H,2-4,9-11H2,1H3/t14-,15+/m1/s1. The summed E-state index contributed by atoms with van der Waals surface area (Å²) < 4.78 is 0. The molecule has 0 amide bonds. The van der Waals surface area contributed by atoms with Gasteiger partial charge in [0.2, 0.25) is 0 Å². The van der Waals surface area contributed by atoms with Crippen LogP contribution in [0.25, 0.3) is 0 Å². The maximum atomic E-state index is 3.66. The summed E-state index contributed by atoms with van der Waals surface area (Å²) >= 11 is 0. The summed E-state index contributed by atoms with van der Waals surface area (Å²) in [6, 6.07) is 10.6. The Hall–Kier alpha value is -0.860. The number of fused-ring (bicyclic) bond motifs is 1. The Morgan fingerprint density at radius 1 is 1.24 bits per heavy atom. The lowest BCUT2D eigenvalue weighted by molar-refractivity contribution is 0.129. The molecule has 1 aliphatic heterocycles. The van der Waals surface area contributed by atoms with Gasteiger partial charge in [0, 0.05) is 31.7 Å². The topological polar surface area (TPSA) is 15.3 Å². The van der Waals surface area contributed by atoms with E-state index in [4.69, 9.17) is 0 Å². The number of nitrogens with zero attached hydrogens (tertiary/aromatic N) is 1. The van der Waals surface area contributed by atoms with Crippen molar-refractivity contribution in [2.45, 2.75) is 44.8 Å². The van der Waals surface area contributed by atoms with Crippen LogP contribution >= 0.6 is 0 Å². The Morgan fingerprint density at radius 3 is 2.88 bits per heavy atom. The van der Waals surface area contributed by atoms with Gasteiger partial charge in [-0.05, 0) is 25.3 Å². The van der Waals surface area contributed by atoms with E-state index in [1.54, 1.807) is 0 Å². The fraction of sp³-hybridized carbons (Fsp3) is 0.600. The first-order valence-corrected chi connectivity index (χ1v) is 6.86. The van der Waals surface area contributed by atoms with Crippen LogP contribution < -0.4 is 5.32 Å². The molecule has 2 aliphatic rings. The fourth-order valence-electron chi connectivity index (χ4n) is 3.30. The summed E-state index contributed by atoms with van der Waals surface area (Å²) in [5, 5.41) is 3.66. The van der Waals surface area contributed by atoms with Crippen LogP contribution in [0.1, 0.15) is 30.4 Å². The second-order valence-electron chi connectivity index (χ2n) is 5.51. The summed E-state index contributed by atoms with van der Waals surface area (Å²) in [6.45, 7) is 5.65. The molecule has 1 N–H and O–H groups in total. The molecule has 3 rings (SSSR count). The van der Waals surface area contributed by atoms with Gasteiger partial charge in [0.1, 0.15) is 0 Å². The van der Waals surface area contributed by atoms with E-state index in [1.807, 2.05) is 0 Å². The van der Waals surface area contributed by atoms with Gasteiger partial charge in [-0.25, -0.2) is 0 Å². The summed E-state index contributed by atoms with van der Waals surface area (Å²) in [7, 11) is 0. The molecule has 1 saturated heterocycles. The number of piperazine rings is 1. The Labute approximate surface area is 104 Å². The maximum Gasteiger partial charge on any atom is 0.0253 e. The highest BCUT2D eigenvalue weighted by atomic mass is 15.2. The zero-order valence-electron chi connectivity index (χ0n) is 10.7. The third-order valence-electron chi connectivity index (χ3n) is 4.26. The van der Waals surface area contributed by atoms with Crippen LogP contribution in [0.15, 0.2) is 24.3 Å². The molecule has 0 spiro atoms. The minimum Gasteiger partial charge on any atom is -0.311 e. The van der Waals surface area contributed by atoms with Crippen molar-refractivity contribution in [3.05, 3.63) is 35.4 Å². The van der Waals surface area contributed by atoms with Crippen LogP contribution in [0, 0.1) is 6.92 Å². The molecular formula is C15H22N2. The monoisotopic (exact) mass is 230 g/mol. The van der Waals surface area contributed by atoms with Crippen LogP contribution in [0.4, 0.5) is 0 Å². The van der Waals surface area contributed by atoms with E-state index in [0.717, 1.165) is 25.2 Å². The Bertz CT molecular complexity index is 371. The first-order chi connectivity index (χ1) is 8.33. The van der Waals surface area contributed by atoms with Crippen molar-refractivity contribution >= 4 is 0 Å². The third kappa shape index (κ3) is 2.38. The van der Waals surface area contributed by atoms with Gasteiger partial charge in [0.25, 0.3) is 0 Å². The Kier molecular flexibility index (Phi) is 3.17. The van der Waals surface area contributed by atoms with Crippen LogP contribution in [0.2, 0.25) is 0 Å². The van der Waals surface area contributed by atoms with Crippen molar-refractivity contribution in [3.63, 3.8) is 0 Å². The van der Waals surface area contributed by atoms with Crippen molar-refractivity contribution in [1.29, 1.82) is 0 Å². The molecule has 0 aromatic heterocycles. The highest BCUT2D eigenvalue weighted by Crippen LogP contribution is 2.27. The summed E-state index contributed by atoms with van der Waals surface area (Å²) in [5.41, 5.74) is 2.82. The lowest BCUT2D eigenvalue weighted by atomic mass is 10.1. The second kappa shape index (κ2) is 4.79. The van der Waals surface area contributed by atoms with Crippen molar-refractivity contribution in [3.8, 4) is 0 Å². The summed E-state index contributed by atoms with van der Waals surface area (Å²) in [4.78, 5) is 2.68. The normalized spacial score (nSPS) is 29.2. The van der Waals surface area contributed by atoms with Crippen LogP contribution in [0.5, 0.6) is 0 Å². The Morgan fingerprint density at radius 2 is 2.06 bits per heavy atom. The predicted molar refractivity (Wildman–Crippen MR) is 71.0 cm³/mol. The van der Waals surface area contributed by atoms with E-state index < -0.39 is 0 Å². The van der Waals surface area contributed by atoms with Gasteiger partial charge < -0.3 is 5.32 Å². The predicted octanol–water partition coefficient (Wildman–Crippen LogP) is 2.32. The number of rotatable bonds is 2. The van der Waals surface area contributed by atoms with Crippen LogP contribution in [-0.4, -0.2) is 30.1 Å². The number of hydrogen-bond acceptors (Lipinski definition) is 2. The van der Waals surface area contributed by atoms with Crippen molar-refractivity contribution < 1.29 is 0 Å². The second-order valence-corrected chi connectivity index (χ2v) is 5.51. The number of benzene rings is 1. The smallest absolute Gasteiger partial charge is 0.0253 e. The van der Waals surface area contributed by atoms with Crippen molar-refractivity contribution in [1.82, 2.24) is 10.2 Å². The molecule has 1 aromatic carbocycles. The van der Waals surface area contributed by atoms with E-state index >= 15 is 0 Å². The summed E-state index contributed by atoms with van der Waals surface area (Å²) in [6.07, 6.45) is 4.14. The van der Waals surface area contributed by atoms with Gasteiger partial charge in [-0.3, -0.25) is 4.90 Å². The minimum atomic E-state index is 0.759. The van der Waals surface area contributed by atoms with E-state index in [-0.39, 0.29) is 0 Å². The molecule has 1 saturated carbocycles. The van der Waals surface area contributed by atoms with Gasteiger partial charge in [0.15, 0.2) is 0 Å². The van der Waals surface area contributed by atoms with Crippen molar-refractivity contribution in [2.24, 2.45) is 0 Å². The molecular weight excluding hydrogens is 208 g/mol. The van der Waals surface area contributed by atoms with Gasteiger partial charge in [0.05, 0.1) is 0 Å². The van der Waals surface area contributed by atoms with E-state index in [0.29, 0.717) is 0 Å². The first kappa shape index (κ1) is 11.2. The quantitative estimate of drug-likeness (QED) is 0.839. The maximum absolute atomic E-state index is 3.66. The molecule has 2 heteroatoms. The molecule has 92 valence electrons. The molecule has 17 heavy (non-hydrogen) atoms. The molecule has 1 aliphatic carbocycles. The highest BCUT2D eigenvalue weighted by Gasteiger charge is 2.34. The zero-order chi connectivity index (χ0) is 11.7. The molecule has 2 atom stereocenters. The minimum absolute atomic E-state index is 0.759. The SMILES string of the molecule is Cc1ccc(CN2CCN[C@@H]3CCC[C@@H]32)cc1. The Balaban J connectivity index is 1.69. The van der Waals surface area contributed by atoms with Gasteiger partial charge in [-0.2, -0.15) is 0 Å². The lowest BCUT2D eigenvalue weighted by Gasteiger charge is -2.38. The molecule has 1 heterocycles. The van der Waals surface area contributed by atoms with E-state index in [2.05, 4.69) is 41.4 Å². The number of hydrogen-bond donors (Lipinski definition) is 1. The largest absolute Gasteiger partial charge is 0.311 e. The van der Waals surface area contributed by atoms with Gasteiger partial charge >= 0.3 is 0 Å². The zero-order valence-corrected chi connectivity index (χ0v) is 10.7. The lowest BCUT2D eigenvalue weighted by Crippen LogP contribution is -2.54. The highest BCUT2D eigenvalue weighted by molar-refractivity contribution is 5.21. The molecule has 2 fully saturated rings.